The summed E-state index contributed by atoms with van der Waals surface area (Å²) in [5.74, 6) is 0. The van der Waals surface area contributed by atoms with Gasteiger partial charge in [0, 0.05) is 48.1 Å². The van der Waals surface area contributed by atoms with Crippen molar-refractivity contribution in [1.29, 1.82) is 0 Å². The van der Waals surface area contributed by atoms with Crippen LogP contribution in [-0.4, -0.2) is 15.0 Å². The number of nitrogens with zero attached hydrogens (tertiary/aromatic N) is 5. The minimum Gasteiger partial charge on any atom is -0.311 e. The molecule has 1 aliphatic rings. The maximum atomic E-state index is 4.62. The third-order valence-corrected chi connectivity index (χ3v) is 11.1. The van der Waals surface area contributed by atoms with Gasteiger partial charge in [-0.05, 0) is 91.9 Å². The predicted molar refractivity (Wildman–Crippen MR) is 197 cm³/mol. The van der Waals surface area contributed by atoms with Crippen molar-refractivity contribution in [3.05, 3.63) is 139 Å². The molecule has 2 aromatic heterocycles. The highest BCUT2D eigenvalue weighted by atomic mass is 15.4. The van der Waals surface area contributed by atoms with Crippen LogP contribution in [0.4, 0.5) is 17.1 Å². The molecule has 4 aromatic carbocycles. The highest BCUT2D eigenvalue weighted by Gasteiger charge is 2.56. The molecular formula is C43H46N5+. The molecule has 0 fully saturated rings. The number of aryl methyl sites for hydroxylation is 1. The van der Waals surface area contributed by atoms with E-state index in [-0.39, 0.29) is 11.0 Å². The number of fused-ring (bicyclic) bond motifs is 3. The lowest BCUT2D eigenvalue weighted by Gasteiger charge is -2.46. The molecule has 6 aromatic rings. The summed E-state index contributed by atoms with van der Waals surface area (Å²) in [5, 5.41) is 9.22. The van der Waals surface area contributed by atoms with Gasteiger partial charge in [0.25, 0.3) is 0 Å². The van der Waals surface area contributed by atoms with Gasteiger partial charge < -0.3 is 4.90 Å². The van der Waals surface area contributed by atoms with Crippen LogP contribution >= 0.6 is 0 Å². The Morgan fingerprint density at radius 3 is 2.10 bits per heavy atom. The van der Waals surface area contributed by atoms with Crippen molar-refractivity contribution in [2.24, 2.45) is 0 Å². The van der Waals surface area contributed by atoms with E-state index < -0.39 is 0 Å². The van der Waals surface area contributed by atoms with E-state index in [1.165, 1.54) is 35.2 Å². The van der Waals surface area contributed by atoms with E-state index in [0.29, 0.717) is 0 Å². The number of rotatable bonds is 10. The summed E-state index contributed by atoms with van der Waals surface area (Å²) < 4.78 is 4.40. The largest absolute Gasteiger partial charge is 0.311 e. The Balaban J connectivity index is 1.20. The van der Waals surface area contributed by atoms with Crippen LogP contribution in [-0.2, 0) is 17.4 Å². The average Bonchev–Trinajstić information content (AvgIpc) is 3.65. The van der Waals surface area contributed by atoms with Gasteiger partial charge in [-0.3, -0.25) is 0 Å². The smallest absolute Gasteiger partial charge is 0.213 e. The van der Waals surface area contributed by atoms with Gasteiger partial charge in [-0.2, -0.15) is 4.57 Å². The molecule has 7 rings (SSSR count). The Bertz CT molecular complexity index is 2010. The molecule has 5 nitrogen and oxygen atoms in total. The van der Waals surface area contributed by atoms with E-state index in [2.05, 4.69) is 176 Å². The minimum atomic E-state index is -0.0202. The fourth-order valence-corrected chi connectivity index (χ4v) is 7.67. The van der Waals surface area contributed by atoms with Crippen LogP contribution in [0, 0.1) is 0 Å². The summed E-state index contributed by atoms with van der Waals surface area (Å²) in [4.78, 5) is 2.31. The number of unbranched alkanes of at least 4 members (excludes halogenated alkanes) is 1. The third-order valence-electron chi connectivity index (χ3n) is 11.1. The zero-order valence-electron chi connectivity index (χ0n) is 28.9. The van der Waals surface area contributed by atoms with E-state index in [9.17, 15) is 0 Å². The molecule has 242 valence electrons. The molecule has 2 atom stereocenters. The summed E-state index contributed by atoms with van der Waals surface area (Å²) in [7, 11) is 0. The van der Waals surface area contributed by atoms with Gasteiger partial charge in [0.2, 0.25) is 5.69 Å². The second kappa shape index (κ2) is 12.9. The SMILES string of the molecule is CCCCc1ccc(N(c2ccccc2)c2ccc(-c3cn(-c4ccc5c(c4)-c4cccc[n+]4C(C)(CC)C5(C)CC)nn3)cc2)cc1. The molecule has 0 aliphatic carbocycles. The molecule has 0 saturated heterocycles. The Morgan fingerprint density at radius 2 is 1.42 bits per heavy atom. The summed E-state index contributed by atoms with van der Waals surface area (Å²) in [5.41, 5.74) is 11.5. The van der Waals surface area contributed by atoms with Gasteiger partial charge in [-0.25, -0.2) is 4.68 Å². The number of pyridine rings is 1. The number of hydrogen-bond donors (Lipinski definition) is 0. The Kier molecular flexibility index (Phi) is 8.47. The second-order valence-electron chi connectivity index (χ2n) is 13.5. The fourth-order valence-electron chi connectivity index (χ4n) is 7.67. The fraction of sp³-hybridized carbons (Fsp3) is 0.279. The van der Waals surface area contributed by atoms with Crippen molar-refractivity contribution in [2.45, 2.75) is 77.7 Å². The first-order chi connectivity index (χ1) is 23.4. The van der Waals surface area contributed by atoms with Crippen molar-refractivity contribution in [3.63, 3.8) is 0 Å². The van der Waals surface area contributed by atoms with Crippen LogP contribution in [0.5, 0.6) is 0 Å². The summed E-state index contributed by atoms with van der Waals surface area (Å²) in [6, 6.07) is 41.6. The van der Waals surface area contributed by atoms with E-state index in [1.54, 1.807) is 0 Å². The van der Waals surface area contributed by atoms with Crippen LogP contribution in [0.2, 0.25) is 0 Å². The Hall–Kier alpha value is -5.03. The molecule has 1 aliphatic heterocycles. The first kappa shape index (κ1) is 31.6. The Morgan fingerprint density at radius 1 is 0.729 bits per heavy atom. The number of hydrogen-bond acceptors (Lipinski definition) is 3. The highest BCUT2D eigenvalue weighted by molar-refractivity contribution is 5.78. The average molecular weight is 633 g/mol. The first-order valence-corrected chi connectivity index (χ1v) is 17.5. The number of benzene rings is 4. The molecule has 0 bridgehead atoms. The van der Waals surface area contributed by atoms with Gasteiger partial charge in [0.05, 0.1) is 22.9 Å². The molecule has 0 radical (unpaired) electrons. The molecule has 0 amide bonds. The molecule has 0 N–H and O–H groups in total. The van der Waals surface area contributed by atoms with Gasteiger partial charge in [-0.1, -0.05) is 80.9 Å². The van der Waals surface area contributed by atoms with Crippen LogP contribution in [0.25, 0.3) is 28.2 Å². The van der Waals surface area contributed by atoms with Crippen molar-refractivity contribution < 1.29 is 4.57 Å². The topological polar surface area (TPSA) is 37.8 Å². The molecule has 0 spiro atoms. The summed E-state index contributed by atoms with van der Waals surface area (Å²) >= 11 is 0. The van der Waals surface area contributed by atoms with Crippen molar-refractivity contribution >= 4 is 17.1 Å². The van der Waals surface area contributed by atoms with E-state index in [0.717, 1.165) is 53.3 Å². The van der Waals surface area contributed by atoms with Crippen LogP contribution in [0.3, 0.4) is 0 Å². The molecule has 48 heavy (non-hydrogen) atoms. The lowest BCUT2D eigenvalue weighted by Crippen LogP contribution is -2.67. The van der Waals surface area contributed by atoms with Gasteiger partial charge >= 0.3 is 0 Å². The number of anilines is 3. The molecular weight excluding hydrogens is 587 g/mol. The maximum Gasteiger partial charge on any atom is 0.213 e. The predicted octanol–water partition coefficient (Wildman–Crippen LogP) is 10.5. The first-order valence-electron chi connectivity index (χ1n) is 17.5. The van der Waals surface area contributed by atoms with E-state index >= 15 is 0 Å². The van der Waals surface area contributed by atoms with Gasteiger partial charge in [0.15, 0.2) is 11.7 Å². The standard InChI is InChI=1S/C43H46N5/c1-6-9-15-32-19-23-35(24-20-32)48(34-16-11-10-12-17-34)36-25-21-33(22-26-36)40-31-47(45-44-40)37-27-28-39-38(30-37)41-18-13-14-29-46(41)43(5,8-3)42(39,4)7-2/h10-14,16-31H,6-9,15H2,1-5H3/q+1. The maximum absolute atomic E-state index is 4.62. The normalized spacial score (nSPS) is 18.3. The third kappa shape index (κ3) is 5.32. The van der Waals surface area contributed by atoms with Crippen LogP contribution < -0.4 is 9.47 Å². The molecule has 0 saturated carbocycles. The molecule has 2 unspecified atom stereocenters. The lowest BCUT2D eigenvalue weighted by atomic mass is 9.60. The van der Waals surface area contributed by atoms with E-state index in [4.69, 9.17) is 0 Å². The van der Waals surface area contributed by atoms with Crippen molar-refractivity contribution in [3.8, 4) is 28.2 Å². The quantitative estimate of drug-likeness (QED) is 0.141. The summed E-state index contributed by atoms with van der Waals surface area (Å²) in [6.45, 7) is 11.7. The van der Waals surface area contributed by atoms with Crippen molar-refractivity contribution in [1.82, 2.24) is 15.0 Å². The second-order valence-corrected chi connectivity index (χ2v) is 13.5. The van der Waals surface area contributed by atoms with E-state index in [1.807, 2.05) is 10.9 Å². The van der Waals surface area contributed by atoms with Gasteiger partial charge in [0.1, 0.15) is 5.69 Å². The van der Waals surface area contributed by atoms with Crippen molar-refractivity contribution in [2.75, 3.05) is 4.90 Å². The Labute approximate surface area is 285 Å². The summed E-state index contributed by atoms with van der Waals surface area (Å²) in [6.07, 6.45) is 9.94. The monoisotopic (exact) mass is 632 g/mol. The molecule has 5 heteroatoms. The van der Waals surface area contributed by atoms with Gasteiger partial charge in [-0.15, -0.1) is 5.10 Å². The zero-order valence-corrected chi connectivity index (χ0v) is 28.9. The number of para-hydroxylation sites is 1. The zero-order chi connectivity index (χ0) is 33.3. The number of aromatic nitrogens is 4. The minimum absolute atomic E-state index is 0.00533. The van der Waals surface area contributed by atoms with Crippen LogP contribution in [0.1, 0.15) is 71.4 Å². The highest BCUT2D eigenvalue weighted by Crippen LogP contribution is 2.49. The molecule has 3 heterocycles. The lowest BCUT2D eigenvalue weighted by molar-refractivity contribution is -0.765. The van der Waals surface area contributed by atoms with Crippen LogP contribution in [0.15, 0.2) is 128 Å².